The van der Waals surface area contributed by atoms with Crippen LogP contribution in [0.15, 0.2) is 30.3 Å². The monoisotopic (exact) mass is 369 g/mol. The van der Waals surface area contributed by atoms with Gasteiger partial charge in [-0.25, -0.2) is 0 Å². The summed E-state index contributed by atoms with van der Waals surface area (Å²) in [4.78, 5) is 12.4. The van der Waals surface area contributed by atoms with Gasteiger partial charge in [0.15, 0.2) is 0 Å². The number of rotatable bonds is 9. The van der Waals surface area contributed by atoms with E-state index in [1.54, 1.807) is 6.07 Å². The van der Waals surface area contributed by atoms with Gasteiger partial charge in [-0.15, -0.1) is 0 Å². The number of aryl methyl sites for hydroxylation is 2. The summed E-state index contributed by atoms with van der Waals surface area (Å²) in [6, 6.07) is 9.71. The van der Waals surface area contributed by atoms with E-state index in [-0.39, 0.29) is 5.91 Å². The van der Waals surface area contributed by atoms with Gasteiger partial charge >= 0.3 is 0 Å². The molecule has 0 aromatic heterocycles. The number of unbranched alkanes of at least 4 members (excludes halogenated alkanes) is 1. The molecule has 4 nitrogen and oxygen atoms in total. The molecule has 1 amide bonds. The van der Waals surface area contributed by atoms with Crippen molar-refractivity contribution in [2.45, 2.75) is 54.1 Å². The Morgan fingerprint density at radius 1 is 1.00 bits per heavy atom. The molecule has 0 heterocycles. The third-order valence-corrected chi connectivity index (χ3v) is 4.59. The molecule has 0 saturated carbocycles. The molecule has 146 valence electrons. The Balaban J connectivity index is 2.20. The molecule has 27 heavy (non-hydrogen) atoms. The van der Waals surface area contributed by atoms with Gasteiger partial charge in [-0.2, -0.15) is 0 Å². The Morgan fingerprint density at radius 3 is 2.48 bits per heavy atom. The van der Waals surface area contributed by atoms with Crippen molar-refractivity contribution < 1.29 is 14.3 Å². The summed E-state index contributed by atoms with van der Waals surface area (Å²) in [6.45, 7) is 11.9. The van der Waals surface area contributed by atoms with Gasteiger partial charge < -0.3 is 14.8 Å². The molecule has 0 aliphatic carbocycles. The van der Waals surface area contributed by atoms with Crippen LogP contribution in [0, 0.1) is 20.8 Å². The molecule has 2 aromatic carbocycles. The van der Waals surface area contributed by atoms with Gasteiger partial charge in [0.05, 0.1) is 6.61 Å². The van der Waals surface area contributed by atoms with E-state index in [1.165, 1.54) is 11.1 Å². The van der Waals surface area contributed by atoms with E-state index in [4.69, 9.17) is 9.47 Å². The predicted molar refractivity (Wildman–Crippen MR) is 110 cm³/mol. The summed E-state index contributed by atoms with van der Waals surface area (Å²) in [7, 11) is 0. The highest BCUT2D eigenvalue weighted by Crippen LogP contribution is 2.27. The average Bonchev–Trinajstić information content (AvgIpc) is 2.64. The van der Waals surface area contributed by atoms with Crippen LogP contribution in [0.4, 0.5) is 0 Å². The van der Waals surface area contributed by atoms with Gasteiger partial charge in [-0.3, -0.25) is 4.79 Å². The van der Waals surface area contributed by atoms with E-state index in [0.717, 1.165) is 35.5 Å². The maximum absolute atomic E-state index is 12.4. The average molecular weight is 370 g/mol. The van der Waals surface area contributed by atoms with Crippen LogP contribution in [0.3, 0.4) is 0 Å². The second kappa shape index (κ2) is 10.0. The molecule has 0 bridgehead atoms. The maximum atomic E-state index is 12.4. The first kappa shape index (κ1) is 20.8. The lowest BCUT2D eigenvalue weighted by Crippen LogP contribution is -2.24. The summed E-state index contributed by atoms with van der Waals surface area (Å²) in [5.74, 6) is 1.56. The molecule has 2 aromatic rings. The largest absolute Gasteiger partial charge is 0.493 e. The van der Waals surface area contributed by atoms with Gasteiger partial charge in [0.25, 0.3) is 5.91 Å². The zero-order chi connectivity index (χ0) is 19.8. The first-order chi connectivity index (χ1) is 13.0. The quantitative estimate of drug-likeness (QED) is 0.624. The summed E-state index contributed by atoms with van der Waals surface area (Å²) in [5.41, 5.74) is 5.01. The van der Waals surface area contributed by atoms with Crippen molar-refractivity contribution in [1.29, 1.82) is 0 Å². The summed E-state index contributed by atoms with van der Waals surface area (Å²) >= 11 is 0. The Kier molecular flexibility index (Phi) is 7.71. The number of nitrogens with one attached hydrogen (secondary N) is 1. The minimum atomic E-state index is -0.0599. The molecular weight excluding hydrogens is 338 g/mol. The minimum absolute atomic E-state index is 0.0599. The zero-order valence-electron chi connectivity index (χ0n) is 17.1. The zero-order valence-corrected chi connectivity index (χ0v) is 17.1. The molecule has 0 aliphatic rings. The Bertz CT molecular complexity index is 783. The SMILES string of the molecule is CCCCNC(=O)c1ccc(OCC)c(COc2cc(C)cc(C)c2C)c1. The van der Waals surface area contributed by atoms with Crippen LogP contribution < -0.4 is 14.8 Å². The first-order valence-corrected chi connectivity index (χ1v) is 9.70. The molecule has 4 heteroatoms. The Hall–Kier alpha value is -2.49. The van der Waals surface area contributed by atoms with Crippen LogP contribution in [0.5, 0.6) is 11.5 Å². The summed E-state index contributed by atoms with van der Waals surface area (Å²) < 4.78 is 11.8. The van der Waals surface area contributed by atoms with Crippen LogP contribution in [0.2, 0.25) is 0 Å². The lowest BCUT2D eigenvalue weighted by Gasteiger charge is -2.16. The highest BCUT2D eigenvalue weighted by atomic mass is 16.5. The number of amides is 1. The highest BCUT2D eigenvalue weighted by Gasteiger charge is 2.12. The van der Waals surface area contributed by atoms with Crippen molar-refractivity contribution in [2.75, 3.05) is 13.2 Å². The topological polar surface area (TPSA) is 47.6 Å². The second-order valence-electron chi connectivity index (χ2n) is 6.86. The van der Waals surface area contributed by atoms with Crippen molar-refractivity contribution in [1.82, 2.24) is 5.32 Å². The van der Waals surface area contributed by atoms with Gasteiger partial charge in [0.2, 0.25) is 0 Å². The van der Waals surface area contributed by atoms with Crippen LogP contribution in [0.25, 0.3) is 0 Å². The van der Waals surface area contributed by atoms with E-state index < -0.39 is 0 Å². The van der Waals surface area contributed by atoms with E-state index in [1.807, 2.05) is 25.1 Å². The molecule has 1 N–H and O–H groups in total. The molecule has 0 aliphatic heterocycles. The van der Waals surface area contributed by atoms with Gasteiger partial charge in [0.1, 0.15) is 18.1 Å². The molecular formula is C23H31NO3. The van der Waals surface area contributed by atoms with Crippen molar-refractivity contribution >= 4 is 5.91 Å². The molecule has 0 fully saturated rings. The van der Waals surface area contributed by atoms with E-state index >= 15 is 0 Å². The van der Waals surface area contributed by atoms with Crippen LogP contribution in [-0.2, 0) is 6.61 Å². The number of benzene rings is 2. The predicted octanol–water partition coefficient (Wildman–Crippen LogP) is 5.12. The fourth-order valence-corrected chi connectivity index (χ4v) is 2.92. The Labute approximate surface area is 162 Å². The van der Waals surface area contributed by atoms with Crippen molar-refractivity contribution in [3.8, 4) is 11.5 Å². The second-order valence-corrected chi connectivity index (χ2v) is 6.86. The van der Waals surface area contributed by atoms with E-state index in [9.17, 15) is 4.79 Å². The fraction of sp³-hybridized carbons (Fsp3) is 0.435. The van der Waals surface area contributed by atoms with Crippen molar-refractivity contribution in [3.63, 3.8) is 0 Å². The highest BCUT2D eigenvalue weighted by molar-refractivity contribution is 5.94. The molecule has 0 atom stereocenters. The summed E-state index contributed by atoms with van der Waals surface area (Å²) in [5, 5.41) is 2.96. The minimum Gasteiger partial charge on any atom is -0.493 e. The molecule has 0 spiro atoms. The number of carbonyl (C=O) groups is 1. The van der Waals surface area contributed by atoms with Gasteiger partial charge in [0, 0.05) is 17.7 Å². The number of carbonyl (C=O) groups excluding carboxylic acids is 1. The van der Waals surface area contributed by atoms with E-state index in [2.05, 4.69) is 39.1 Å². The molecule has 0 radical (unpaired) electrons. The first-order valence-electron chi connectivity index (χ1n) is 9.70. The maximum Gasteiger partial charge on any atom is 0.251 e. The van der Waals surface area contributed by atoms with Crippen LogP contribution in [-0.4, -0.2) is 19.1 Å². The summed E-state index contributed by atoms with van der Waals surface area (Å²) in [6.07, 6.45) is 2.03. The van der Waals surface area contributed by atoms with E-state index in [0.29, 0.717) is 25.3 Å². The van der Waals surface area contributed by atoms with Crippen molar-refractivity contribution in [3.05, 3.63) is 58.1 Å². The van der Waals surface area contributed by atoms with Crippen molar-refractivity contribution in [2.24, 2.45) is 0 Å². The molecule has 2 rings (SSSR count). The number of ether oxygens (including phenoxy) is 2. The molecule has 0 saturated heterocycles. The third kappa shape index (κ3) is 5.75. The molecule has 0 unspecified atom stereocenters. The standard InChI is InChI=1S/C23H31NO3/c1-6-8-11-24-23(25)19-9-10-21(26-7-2)20(14-19)15-27-22-13-16(3)12-17(4)18(22)5/h9-10,12-14H,6-8,11,15H2,1-5H3,(H,24,25). The lowest BCUT2D eigenvalue weighted by atomic mass is 10.1. The van der Waals surface area contributed by atoms with Crippen LogP contribution in [0.1, 0.15) is 59.3 Å². The number of hydrogen-bond acceptors (Lipinski definition) is 3. The van der Waals surface area contributed by atoms with Crippen LogP contribution >= 0.6 is 0 Å². The van der Waals surface area contributed by atoms with Gasteiger partial charge in [-0.05, 0) is 75.1 Å². The van der Waals surface area contributed by atoms with Gasteiger partial charge in [-0.1, -0.05) is 19.4 Å². The third-order valence-electron chi connectivity index (χ3n) is 4.59. The normalized spacial score (nSPS) is 10.6. The number of hydrogen-bond donors (Lipinski definition) is 1. The fourth-order valence-electron chi connectivity index (χ4n) is 2.92. The Morgan fingerprint density at radius 2 is 1.78 bits per heavy atom. The lowest BCUT2D eigenvalue weighted by molar-refractivity contribution is 0.0953. The smallest absolute Gasteiger partial charge is 0.251 e.